The van der Waals surface area contributed by atoms with E-state index in [2.05, 4.69) is 47.6 Å². The Bertz CT molecular complexity index is 497. The van der Waals surface area contributed by atoms with Crippen LogP contribution in [0.25, 0.3) is 0 Å². The molecule has 2 aromatic rings. The van der Waals surface area contributed by atoms with E-state index in [4.69, 9.17) is 0 Å². The van der Waals surface area contributed by atoms with Crippen LogP contribution in [0.4, 0.5) is 0 Å². The highest BCUT2D eigenvalue weighted by Crippen LogP contribution is 2.23. The van der Waals surface area contributed by atoms with Crippen molar-refractivity contribution in [3.8, 4) is 0 Å². The molecule has 0 radical (unpaired) electrons. The number of nitrogens with one attached hydrogen (secondary N) is 1. The number of nitrogens with zero attached hydrogens (tertiary/aromatic N) is 1. The maximum absolute atomic E-state index is 4.18. The van der Waals surface area contributed by atoms with Gasteiger partial charge in [-0.25, -0.2) is 0 Å². The summed E-state index contributed by atoms with van der Waals surface area (Å²) in [6.45, 7) is 2.21. The third-order valence-electron chi connectivity index (χ3n) is 3.72. The molecule has 1 aromatic carbocycles. The molecule has 2 heteroatoms. The normalized spacial score (nSPS) is 16.5. The van der Waals surface area contributed by atoms with E-state index in [1.807, 2.05) is 18.5 Å². The number of pyridine rings is 1. The Morgan fingerprint density at radius 2 is 1.83 bits per heavy atom. The van der Waals surface area contributed by atoms with Crippen LogP contribution in [-0.4, -0.2) is 11.0 Å². The van der Waals surface area contributed by atoms with E-state index in [-0.39, 0.29) is 0 Å². The van der Waals surface area contributed by atoms with Crippen molar-refractivity contribution >= 4 is 0 Å². The molecular formula is C16H18N2. The highest BCUT2D eigenvalue weighted by Gasteiger charge is 2.22. The van der Waals surface area contributed by atoms with E-state index in [0.29, 0.717) is 12.1 Å². The van der Waals surface area contributed by atoms with Gasteiger partial charge in [-0.3, -0.25) is 4.98 Å². The van der Waals surface area contributed by atoms with E-state index in [0.717, 1.165) is 12.8 Å². The number of rotatable bonds is 3. The van der Waals surface area contributed by atoms with Crippen LogP contribution < -0.4 is 5.32 Å². The molecule has 1 aliphatic rings. The monoisotopic (exact) mass is 238 g/mol. The van der Waals surface area contributed by atoms with Crippen LogP contribution in [0.15, 0.2) is 48.8 Å². The van der Waals surface area contributed by atoms with Gasteiger partial charge in [0.25, 0.3) is 0 Å². The second-order valence-corrected chi connectivity index (χ2v) is 5.05. The molecule has 0 aliphatic heterocycles. The van der Waals surface area contributed by atoms with Crippen molar-refractivity contribution < 1.29 is 0 Å². The van der Waals surface area contributed by atoms with E-state index >= 15 is 0 Å². The maximum atomic E-state index is 4.18. The summed E-state index contributed by atoms with van der Waals surface area (Å²) in [4.78, 5) is 4.18. The summed E-state index contributed by atoms with van der Waals surface area (Å²) < 4.78 is 0. The molecule has 1 atom stereocenters. The summed E-state index contributed by atoms with van der Waals surface area (Å²) in [5, 5.41) is 3.70. The first kappa shape index (κ1) is 11.4. The second kappa shape index (κ2) is 4.91. The van der Waals surface area contributed by atoms with Gasteiger partial charge in [-0.1, -0.05) is 30.3 Å². The minimum absolute atomic E-state index is 0.359. The van der Waals surface area contributed by atoms with Gasteiger partial charge in [0.15, 0.2) is 0 Å². The van der Waals surface area contributed by atoms with Crippen LogP contribution >= 0.6 is 0 Å². The fraction of sp³-hybridized carbons (Fsp3) is 0.312. The van der Waals surface area contributed by atoms with E-state index < -0.39 is 0 Å². The fourth-order valence-corrected chi connectivity index (χ4v) is 2.76. The van der Waals surface area contributed by atoms with Crippen molar-refractivity contribution in [2.45, 2.75) is 31.8 Å². The average Bonchev–Trinajstić information content (AvgIpc) is 2.82. The number of aromatic nitrogens is 1. The van der Waals surface area contributed by atoms with Crippen molar-refractivity contribution in [1.82, 2.24) is 10.3 Å². The van der Waals surface area contributed by atoms with Crippen molar-refractivity contribution in [3.63, 3.8) is 0 Å². The second-order valence-electron chi connectivity index (χ2n) is 5.05. The van der Waals surface area contributed by atoms with Crippen molar-refractivity contribution in [3.05, 3.63) is 65.5 Å². The largest absolute Gasteiger partial charge is 0.307 e. The van der Waals surface area contributed by atoms with Crippen LogP contribution in [0.3, 0.4) is 0 Å². The zero-order valence-corrected chi connectivity index (χ0v) is 10.6. The van der Waals surface area contributed by atoms with Crippen molar-refractivity contribution in [2.24, 2.45) is 0 Å². The molecule has 0 amide bonds. The van der Waals surface area contributed by atoms with Gasteiger partial charge in [-0.2, -0.15) is 0 Å². The van der Waals surface area contributed by atoms with Crippen molar-refractivity contribution in [2.75, 3.05) is 0 Å². The summed E-state index contributed by atoms with van der Waals surface area (Å²) in [5.41, 5.74) is 4.25. The quantitative estimate of drug-likeness (QED) is 0.889. The topological polar surface area (TPSA) is 24.9 Å². The Labute approximate surface area is 108 Å². The first-order chi connectivity index (χ1) is 8.83. The van der Waals surface area contributed by atoms with Crippen LogP contribution in [0, 0.1) is 0 Å². The van der Waals surface area contributed by atoms with Gasteiger partial charge in [0.2, 0.25) is 0 Å². The highest BCUT2D eigenvalue weighted by atomic mass is 14.9. The van der Waals surface area contributed by atoms with Crippen LogP contribution in [0.2, 0.25) is 0 Å². The SMILES string of the molecule is C[C@H](NC1Cc2ccccc2C1)c1cccnc1. The van der Waals surface area contributed by atoms with Gasteiger partial charge in [0.05, 0.1) is 0 Å². The lowest BCUT2D eigenvalue weighted by molar-refractivity contribution is 0.467. The highest BCUT2D eigenvalue weighted by molar-refractivity contribution is 5.33. The Hall–Kier alpha value is -1.67. The Morgan fingerprint density at radius 3 is 2.44 bits per heavy atom. The molecular weight excluding hydrogens is 220 g/mol. The molecule has 0 bridgehead atoms. The lowest BCUT2D eigenvalue weighted by atomic mass is 10.1. The zero-order chi connectivity index (χ0) is 12.4. The molecule has 0 saturated carbocycles. The molecule has 3 rings (SSSR count). The zero-order valence-electron chi connectivity index (χ0n) is 10.6. The molecule has 0 fully saturated rings. The summed E-state index contributed by atoms with van der Waals surface area (Å²) >= 11 is 0. The predicted molar refractivity (Wildman–Crippen MR) is 73.4 cm³/mol. The summed E-state index contributed by atoms with van der Waals surface area (Å²) in [6, 6.07) is 13.8. The Morgan fingerprint density at radius 1 is 1.11 bits per heavy atom. The molecule has 2 nitrogen and oxygen atoms in total. The molecule has 1 heterocycles. The maximum Gasteiger partial charge on any atom is 0.0315 e. The van der Waals surface area contributed by atoms with E-state index in [1.165, 1.54) is 16.7 Å². The molecule has 1 aromatic heterocycles. The lowest BCUT2D eigenvalue weighted by Crippen LogP contribution is -2.32. The number of hydrogen-bond acceptors (Lipinski definition) is 2. The Balaban J connectivity index is 1.66. The van der Waals surface area contributed by atoms with Gasteiger partial charge >= 0.3 is 0 Å². The molecule has 18 heavy (non-hydrogen) atoms. The molecule has 92 valence electrons. The summed E-state index contributed by atoms with van der Waals surface area (Å²) in [5.74, 6) is 0. The Kier molecular flexibility index (Phi) is 3.11. The smallest absolute Gasteiger partial charge is 0.0315 e. The minimum atomic E-state index is 0.359. The van der Waals surface area contributed by atoms with Gasteiger partial charge in [-0.15, -0.1) is 0 Å². The minimum Gasteiger partial charge on any atom is -0.307 e. The van der Waals surface area contributed by atoms with Crippen molar-refractivity contribution in [1.29, 1.82) is 0 Å². The van der Waals surface area contributed by atoms with Gasteiger partial charge in [0, 0.05) is 24.5 Å². The number of hydrogen-bond donors (Lipinski definition) is 1. The van der Waals surface area contributed by atoms with Crippen LogP contribution in [-0.2, 0) is 12.8 Å². The summed E-state index contributed by atoms with van der Waals surface area (Å²) in [7, 11) is 0. The first-order valence-electron chi connectivity index (χ1n) is 6.55. The van der Waals surface area contributed by atoms with Gasteiger partial charge in [-0.05, 0) is 42.5 Å². The number of benzene rings is 1. The molecule has 0 saturated heterocycles. The molecule has 1 aliphatic carbocycles. The van der Waals surface area contributed by atoms with E-state index in [9.17, 15) is 0 Å². The lowest BCUT2D eigenvalue weighted by Gasteiger charge is -2.19. The third-order valence-corrected chi connectivity index (χ3v) is 3.72. The standard InChI is InChI=1S/C16H18N2/c1-12(15-7-4-8-17-11-15)18-16-9-13-5-2-3-6-14(13)10-16/h2-8,11-12,16,18H,9-10H2,1H3/t12-/m0/s1. The molecule has 0 unspecified atom stereocenters. The van der Waals surface area contributed by atoms with E-state index in [1.54, 1.807) is 0 Å². The predicted octanol–water partition coefficient (Wildman–Crippen LogP) is 2.90. The van der Waals surface area contributed by atoms with Crippen LogP contribution in [0.1, 0.15) is 29.7 Å². The molecule has 1 N–H and O–H groups in total. The third kappa shape index (κ3) is 2.29. The van der Waals surface area contributed by atoms with Crippen LogP contribution in [0.5, 0.6) is 0 Å². The first-order valence-corrected chi connectivity index (χ1v) is 6.55. The molecule has 0 spiro atoms. The number of fused-ring (bicyclic) bond motifs is 1. The summed E-state index contributed by atoms with van der Waals surface area (Å²) in [6.07, 6.45) is 6.04. The van der Waals surface area contributed by atoms with Gasteiger partial charge in [0.1, 0.15) is 0 Å². The average molecular weight is 238 g/mol. The fourth-order valence-electron chi connectivity index (χ4n) is 2.76. The van der Waals surface area contributed by atoms with Gasteiger partial charge < -0.3 is 5.32 Å².